The molecule has 0 radical (unpaired) electrons. The number of hydrogen-bond donors (Lipinski definition) is 2. The third kappa shape index (κ3) is 4.07. The van der Waals surface area contributed by atoms with Crippen LogP contribution >= 0.6 is 0 Å². The van der Waals surface area contributed by atoms with Crippen LogP contribution in [0.15, 0.2) is 46.1 Å². The molecule has 1 amide bonds. The Morgan fingerprint density at radius 1 is 1.17 bits per heavy atom. The average molecular weight is 405 g/mol. The molecule has 1 aliphatic heterocycles. The van der Waals surface area contributed by atoms with Gasteiger partial charge in [-0.2, -0.15) is 0 Å². The van der Waals surface area contributed by atoms with E-state index < -0.39 is 11.2 Å². The molecule has 1 atom stereocenters. The van der Waals surface area contributed by atoms with Crippen LogP contribution in [0, 0.1) is 13.8 Å². The maximum Gasteiger partial charge on any atom is 0.326 e. The van der Waals surface area contributed by atoms with Gasteiger partial charge >= 0.3 is 5.69 Å². The Morgan fingerprint density at radius 3 is 2.77 bits per heavy atom. The van der Waals surface area contributed by atoms with Crippen molar-refractivity contribution in [2.45, 2.75) is 32.6 Å². The van der Waals surface area contributed by atoms with Crippen molar-refractivity contribution in [1.29, 1.82) is 0 Å². The minimum absolute atomic E-state index is 0.00201. The van der Waals surface area contributed by atoms with Crippen molar-refractivity contribution >= 4 is 5.91 Å². The quantitative estimate of drug-likeness (QED) is 0.693. The predicted octanol–water partition coefficient (Wildman–Crippen LogP) is 2.16. The Morgan fingerprint density at radius 2 is 2.00 bits per heavy atom. The van der Waals surface area contributed by atoms with Crippen LogP contribution in [-0.4, -0.2) is 43.8 Å². The second-order valence-corrected chi connectivity index (χ2v) is 7.68. The zero-order valence-electron chi connectivity index (χ0n) is 16.9. The summed E-state index contributed by atoms with van der Waals surface area (Å²) in [7, 11) is 0. The summed E-state index contributed by atoms with van der Waals surface area (Å²) in [5.41, 5.74) is 2.81. The lowest BCUT2D eigenvalue weighted by Crippen LogP contribution is -2.41. The van der Waals surface area contributed by atoms with Crippen molar-refractivity contribution < 1.29 is 4.79 Å². The summed E-state index contributed by atoms with van der Waals surface area (Å²) < 4.78 is 0. The Hall–Kier alpha value is -3.55. The summed E-state index contributed by atoms with van der Waals surface area (Å²) in [6.07, 6.45) is 3.55. The van der Waals surface area contributed by atoms with E-state index in [4.69, 9.17) is 4.98 Å². The van der Waals surface area contributed by atoms with E-state index in [1.807, 2.05) is 38.2 Å². The zero-order valence-corrected chi connectivity index (χ0v) is 16.9. The Labute approximate surface area is 173 Å². The third-order valence-corrected chi connectivity index (χ3v) is 5.35. The number of aromatic amines is 2. The van der Waals surface area contributed by atoms with Crippen LogP contribution in [0.1, 0.15) is 46.3 Å². The molecule has 1 aromatic carbocycles. The lowest BCUT2D eigenvalue weighted by molar-refractivity contribution is 0.0699. The van der Waals surface area contributed by atoms with Crippen molar-refractivity contribution in [3.05, 3.63) is 80.1 Å². The number of carbonyl (C=O) groups excluding carboxylic acids is 1. The second-order valence-electron chi connectivity index (χ2n) is 7.68. The van der Waals surface area contributed by atoms with Gasteiger partial charge in [0.2, 0.25) is 0 Å². The number of nitrogens with one attached hydrogen (secondary N) is 2. The highest BCUT2D eigenvalue weighted by molar-refractivity contribution is 5.92. The topological polar surface area (TPSA) is 112 Å². The monoisotopic (exact) mass is 405 g/mol. The second kappa shape index (κ2) is 8.06. The molecule has 1 fully saturated rings. The molecule has 3 heterocycles. The number of amides is 1. The summed E-state index contributed by atoms with van der Waals surface area (Å²) in [6, 6.07) is 9.32. The zero-order chi connectivity index (χ0) is 21.3. The summed E-state index contributed by atoms with van der Waals surface area (Å²) in [6.45, 7) is 4.93. The van der Waals surface area contributed by atoms with Crippen LogP contribution in [0.3, 0.4) is 0 Å². The largest absolute Gasteiger partial charge is 0.337 e. The van der Waals surface area contributed by atoms with Crippen molar-refractivity contribution in [3.8, 4) is 11.1 Å². The van der Waals surface area contributed by atoms with Crippen LogP contribution in [0.25, 0.3) is 11.1 Å². The molecule has 8 heteroatoms. The van der Waals surface area contributed by atoms with Gasteiger partial charge in [-0.1, -0.05) is 29.8 Å². The van der Waals surface area contributed by atoms with E-state index in [0.717, 1.165) is 41.3 Å². The molecule has 154 valence electrons. The number of aromatic nitrogens is 4. The number of rotatable bonds is 3. The lowest BCUT2D eigenvalue weighted by atomic mass is 9.89. The Balaban J connectivity index is 1.67. The van der Waals surface area contributed by atoms with Crippen molar-refractivity contribution in [1.82, 2.24) is 24.8 Å². The first kappa shape index (κ1) is 19.8. The van der Waals surface area contributed by atoms with Gasteiger partial charge in [-0.25, -0.2) is 14.8 Å². The molecule has 3 aromatic rings. The highest BCUT2D eigenvalue weighted by Gasteiger charge is 2.29. The van der Waals surface area contributed by atoms with Crippen LogP contribution in [0.2, 0.25) is 0 Å². The van der Waals surface area contributed by atoms with Crippen LogP contribution in [0.5, 0.6) is 0 Å². The highest BCUT2D eigenvalue weighted by Crippen LogP contribution is 2.33. The van der Waals surface area contributed by atoms with Crippen molar-refractivity contribution in [2.24, 2.45) is 0 Å². The smallest absolute Gasteiger partial charge is 0.326 e. The van der Waals surface area contributed by atoms with Crippen LogP contribution < -0.4 is 11.2 Å². The lowest BCUT2D eigenvalue weighted by Gasteiger charge is -2.33. The first-order valence-electron chi connectivity index (χ1n) is 9.94. The maximum atomic E-state index is 12.9. The fourth-order valence-electron chi connectivity index (χ4n) is 3.97. The van der Waals surface area contributed by atoms with E-state index in [-0.39, 0.29) is 17.5 Å². The fourth-order valence-corrected chi connectivity index (χ4v) is 3.97. The van der Waals surface area contributed by atoms with E-state index in [9.17, 15) is 14.4 Å². The minimum Gasteiger partial charge on any atom is -0.337 e. The molecule has 1 aliphatic rings. The molecule has 0 bridgehead atoms. The molecule has 1 unspecified atom stereocenters. The van der Waals surface area contributed by atoms with E-state index >= 15 is 0 Å². The van der Waals surface area contributed by atoms with Crippen LogP contribution in [-0.2, 0) is 0 Å². The fraction of sp³-hybridized carbons (Fsp3) is 0.318. The van der Waals surface area contributed by atoms with E-state index in [2.05, 4.69) is 21.0 Å². The molecule has 2 N–H and O–H groups in total. The average Bonchev–Trinajstić information content (AvgIpc) is 2.72. The number of benzene rings is 1. The van der Waals surface area contributed by atoms with E-state index in [0.29, 0.717) is 18.9 Å². The third-order valence-electron chi connectivity index (χ3n) is 5.35. The number of H-pyrrole nitrogens is 2. The summed E-state index contributed by atoms with van der Waals surface area (Å²) in [5.74, 6) is 0.364. The molecule has 8 nitrogen and oxygen atoms in total. The number of carbonyl (C=O) groups is 1. The standard InChI is InChI=1S/C22H23N5O3/c1-13-5-3-6-15(9-13)17-11-23-14(2)24-20(17)16-7-4-8-27(12-16)21(29)18-10-19(28)26-22(30)25-18/h3,5-6,9-11,16H,4,7-8,12H2,1-2H3,(H2,25,26,28,30). The molecule has 0 spiro atoms. The number of hydrogen-bond acceptors (Lipinski definition) is 5. The molecular formula is C22H23N5O3. The van der Waals surface area contributed by atoms with Gasteiger partial charge in [0.25, 0.3) is 11.5 Å². The molecule has 2 aromatic heterocycles. The summed E-state index contributed by atoms with van der Waals surface area (Å²) >= 11 is 0. The van der Waals surface area contributed by atoms with E-state index in [1.54, 1.807) is 4.90 Å². The number of likely N-dealkylation sites (tertiary alicyclic amines) is 1. The SMILES string of the molecule is Cc1cccc(-c2cnc(C)nc2C2CCCN(C(=O)c3cc(=O)[nH]c(=O)[nH]3)C2)c1. The molecule has 1 saturated heterocycles. The Kier molecular flexibility index (Phi) is 5.31. The highest BCUT2D eigenvalue weighted by atomic mass is 16.2. The van der Waals surface area contributed by atoms with Crippen molar-refractivity contribution in [2.75, 3.05) is 13.1 Å². The molecule has 0 aliphatic carbocycles. The van der Waals surface area contributed by atoms with Gasteiger partial charge in [0, 0.05) is 36.8 Å². The minimum atomic E-state index is -0.687. The normalized spacial score (nSPS) is 16.5. The van der Waals surface area contributed by atoms with Crippen molar-refractivity contribution in [3.63, 3.8) is 0 Å². The molecule has 0 saturated carbocycles. The van der Waals surface area contributed by atoms with Gasteiger partial charge in [0.15, 0.2) is 0 Å². The number of piperidine rings is 1. The first-order chi connectivity index (χ1) is 14.4. The molecule has 4 rings (SSSR count). The van der Waals surface area contributed by atoms with Crippen LogP contribution in [0.4, 0.5) is 0 Å². The number of nitrogens with zero attached hydrogens (tertiary/aromatic N) is 3. The first-order valence-corrected chi connectivity index (χ1v) is 9.94. The molecular weight excluding hydrogens is 382 g/mol. The number of aryl methyl sites for hydroxylation is 2. The predicted molar refractivity (Wildman–Crippen MR) is 113 cm³/mol. The Bertz CT molecular complexity index is 1190. The summed E-state index contributed by atoms with van der Waals surface area (Å²) in [4.78, 5) is 51.4. The van der Waals surface area contributed by atoms with Gasteiger partial charge < -0.3 is 9.88 Å². The molecule has 30 heavy (non-hydrogen) atoms. The summed E-state index contributed by atoms with van der Waals surface area (Å²) in [5, 5.41) is 0. The maximum absolute atomic E-state index is 12.9. The van der Waals surface area contributed by atoms with Gasteiger partial charge in [0.05, 0.1) is 5.69 Å². The van der Waals surface area contributed by atoms with Gasteiger partial charge in [-0.05, 0) is 32.3 Å². The van der Waals surface area contributed by atoms with Gasteiger partial charge in [-0.3, -0.25) is 14.6 Å². The van der Waals surface area contributed by atoms with Gasteiger partial charge in [-0.15, -0.1) is 0 Å². The van der Waals surface area contributed by atoms with E-state index in [1.165, 1.54) is 0 Å². The van der Waals surface area contributed by atoms with Gasteiger partial charge in [0.1, 0.15) is 11.5 Å².